The van der Waals surface area contributed by atoms with Gasteiger partial charge < -0.3 is 0 Å². The van der Waals surface area contributed by atoms with E-state index in [2.05, 4.69) is 11.1 Å². The van der Waals surface area contributed by atoms with Crippen molar-refractivity contribution in [3.05, 3.63) is 70.8 Å². The number of hydrogen-bond donors (Lipinski definition) is 1. The van der Waals surface area contributed by atoms with Crippen LogP contribution in [0, 0.1) is 36.5 Å². The van der Waals surface area contributed by atoms with E-state index < -0.39 is 6.04 Å². The van der Waals surface area contributed by atoms with Gasteiger partial charge in [0.05, 0.1) is 17.5 Å². The summed E-state index contributed by atoms with van der Waals surface area (Å²) < 4.78 is 0. The lowest BCUT2D eigenvalue weighted by atomic mass is 9.98. The van der Waals surface area contributed by atoms with Crippen molar-refractivity contribution in [1.29, 1.82) is 10.5 Å². The second kappa shape index (κ2) is 6.60. The Morgan fingerprint density at radius 2 is 1.60 bits per heavy atom. The first-order valence-corrected chi connectivity index (χ1v) is 7.85. The van der Waals surface area contributed by atoms with Gasteiger partial charge >= 0.3 is 0 Å². The molecule has 0 aliphatic carbocycles. The van der Waals surface area contributed by atoms with Crippen LogP contribution < -0.4 is 5.84 Å². The zero-order valence-electron chi connectivity index (χ0n) is 14.1. The van der Waals surface area contributed by atoms with E-state index in [1.165, 1.54) is 5.01 Å². The quantitative estimate of drug-likeness (QED) is 0.858. The molecular weight excluding hydrogens is 310 g/mol. The molecule has 0 amide bonds. The Morgan fingerprint density at radius 1 is 1.00 bits per heavy atom. The van der Waals surface area contributed by atoms with Crippen LogP contribution in [0.5, 0.6) is 0 Å². The summed E-state index contributed by atoms with van der Waals surface area (Å²) in [6.45, 7) is 3.98. The van der Waals surface area contributed by atoms with E-state index in [-0.39, 0.29) is 5.71 Å². The van der Waals surface area contributed by atoms with E-state index >= 15 is 0 Å². The average molecular weight is 327 g/mol. The molecule has 1 aliphatic heterocycles. The molecule has 3 rings (SSSR count). The number of hydrazine groups is 1. The lowest BCUT2D eigenvalue weighted by molar-refractivity contribution is 0.419. The number of nitriles is 2. The van der Waals surface area contributed by atoms with Crippen LogP contribution in [0.4, 0.5) is 0 Å². The molecule has 0 fully saturated rings. The highest BCUT2D eigenvalue weighted by atomic mass is 15.4. The number of aliphatic imine (C=N–C) groups is 1. The molecule has 5 heteroatoms. The fraction of sp³-hybridized carbons (Fsp3) is 0.150. The fourth-order valence-corrected chi connectivity index (χ4v) is 2.90. The predicted molar refractivity (Wildman–Crippen MR) is 97.6 cm³/mol. The summed E-state index contributed by atoms with van der Waals surface area (Å²) in [7, 11) is 0. The van der Waals surface area contributed by atoms with Crippen LogP contribution in [0.15, 0.2) is 53.5 Å². The van der Waals surface area contributed by atoms with Crippen LogP contribution in [-0.4, -0.2) is 16.8 Å². The average Bonchev–Trinajstić information content (AvgIpc) is 2.60. The fourth-order valence-electron chi connectivity index (χ4n) is 2.90. The van der Waals surface area contributed by atoms with Crippen LogP contribution in [0.3, 0.4) is 0 Å². The molecule has 0 saturated heterocycles. The summed E-state index contributed by atoms with van der Waals surface area (Å²) in [6, 6.07) is 18.9. The minimum atomic E-state index is -0.908. The second-order valence-corrected chi connectivity index (χ2v) is 5.98. The van der Waals surface area contributed by atoms with E-state index in [0.29, 0.717) is 11.4 Å². The van der Waals surface area contributed by atoms with Gasteiger partial charge in [0.1, 0.15) is 6.07 Å². The molecule has 2 N–H and O–H groups in total. The number of benzene rings is 2. The van der Waals surface area contributed by atoms with Crippen molar-refractivity contribution < 1.29 is 0 Å². The zero-order chi connectivity index (χ0) is 18.0. The molecule has 0 radical (unpaired) electrons. The van der Waals surface area contributed by atoms with E-state index in [1.54, 1.807) is 0 Å². The summed E-state index contributed by atoms with van der Waals surface area (Å²) in [5.74, 6) is 6.27. The molecule has 5 nitrogen and oxygen atoms in total. The van der Waals surface area contributed by atoms with E-state index in [4.69, 9.17) is 5.84 Å². The van der Waals surface area contributed by atoms with Gasteiger partial charge in [-0.25, -0.2) is 10.8 Å². The lowest BCUT2D eigenvalue weighted by Gasteiger charge is -2.31. The van der Waals surface area contributed by atoms with E-state index in [0.717, 1.165) is 22.3 Å². The number of nitrogens with zero attached hydrogens (tertiary/aromatic N) is 4. The molecule has 0 saturated carbocycles. The third-order valence-electron chi connectivity index (χ3n) is 4.07. The van der Waals surface area contributed by atoms with Gasteiger partial charge in [-0.15, -0.1) is 0 Å². The maximum absolute atomic E-state index is 9.46. The Morgan fingerprint density at radius 3 is 2.16 bits per heavy atom. The van der Waals surface area contributed by atoms with Gasteiger partial charge in [-0.1, -0.05) is 47.5 Å². The van der Waals surface area contributed by atoms with Crippen LogP contribution in [0.2, 0.25) is 0 Å². The van der Waals surface area contributed by atoms with Crippen molar-refractivity contribution in [2.24, 2.45) is 10.8 Å². The van der Waals surface area contributed by atoms with Gasteiger partial charge in [-0.3, -0.25) is 5.01 Å². The molecule has 1 aliphatic rings. The highest BCUT2D eigenvalue weighted by molar-refractivity contribution is 6.12. The van der Waals surface area contributed by atoms with Crippen molar-refractivity contribution in [1.82, 2.24) is 5.01 Å². The zero-order valence-corrected chi connectivity index (χ0v) is 14.1. The summed E-state index contributed by atoms with van der Waals surface area (Å²) >= 11 is 0. The maximum atomic E-state index is 9.46. The molecular formula is C20H17N5. The van der Waals surface area contributed by atoms with Crippen molar-refractivity contribution in [3.63, 3.8) is 0 Å². The smallest absolute Gasteiger partial charge is 0.183 e. The second-order valence-electron chi connectivity index (χ2n) is 5.98. The first-order chi connectivity index (χ1) is 12.0. The lowest BCUT2D eigenvalue weighted by Crippen LogP contribution is -2.45. The van der Waals surface area contributed by atoms with Gasteiger partial charge in [-0.05, 0) is 26.0 Å². The van der Waals surface area contributed by atoms with Gasteiger partial charge in [0.15, 0.2) is 11.8 Å². The largest absolute Gasteiger partial charge is 0.284 e. The van der Waals surface area contributed by atoms with Crippen molar-refractivity contribution >= 4 is 17.1 Å². The number of hydrogen-bond acceptors (Lipinski definition) is 5. The normalized spacial score (nSPS) is 16.9. The standard InChI is InChI=1S/C20H17N5/c1-13-5-3-7-15(9-13)19-20(16-8-4-6-14(2)10-16)25(23)18(12-22)17(11-21)24-19/h3-10,18H,23H2,1-2H3. The van der Waals surface area contributed by atoms with Crippen molar-refractivity contribution in [2.45, 2.75) is 19.9 Å². The van der Waals surface area contributed by atoms with E-state index in [1.807, 2.05) is 68.4 Å². The van der Waals surface area contributed by atoms with Crippen LogP contribution in [0.1, 0.15) is 22.3 Å². The minimum absolute atomic E-state index is 0.0953. The number of rotatable bonds is 2. The SMILES string of the molecule is Cc1cccc(C2=C(c3cccc(C)c3)N(N)C(C#N)C(C#N)=N2)c1. The summed E-state index contributed by atoms with van der Waals surface area (Å²) in [4.78, 5) is 4.49. The first kappa shape index (κ1) is 16.4. The van der Waals surface area contributed by atoms with Crippen LogP contribution in [-0.2, 0) is 0 Å². The maximum Gasteiger partial charge on any atom is 0.183 e. The third-order valence-corrected chi connectivity index (χ3v) is 4.07. The molecule has 0 aromatic heterocycles. The predicted octanol–water partition coefficient (Wildman–Crippen LogP) is 3.18. The number of nitrogens with two attached hydrogens (primary N) is 1. The Bertz CT molecular complexity index is 972. The van der Waals surface area contributed by atoms with Crippen LogP contribution in [0.25, 0.3) is 11.4 Å². The summed E-state index contributed by atoms with van der Waals surface area (Å²) in [5.41, 5.74) is 5.20. The minimum Gasteiger partial charge on any atom is -0.284 e. The highest BCUT2D eigenvalue weighted by Crippen LogP contribution is 2.34. The topological polar surface area (TPSA) is 89.2 Å². The first-order valence-electron chi connectivity index (χ1n) is 7.85. The molecule has 0 bridgehead atoms. The molecule has 25 heavy (non-hydrogen) atoms. The Kier molecular flexibility index (Phi) is 4.35. The Balaban J connectivity index is 2.32. The number of aryl methyl sites for hydroxylation is 2. The van der Waals surface area contributed by atoms with Gasteiger partial charge in [-0.2, -0.15) is 10.5 Å². The molecule has 1 heterocycles. The van der Waals surface area contributed by atoms with Crippen molar-refractivity contribution in [3.8, 4) is 12.1 Å². The molecule has 2 aromatic carbocycles. The molecule has 122 valence electrons. The van der Waals surface area contributed by atoms with Gasteiger partial charge in [0.25, 0.3) is 0 Å². The Labute approximate surface area is 146 Å². The molecule has 1 atom stereocenters. The molecule has 0 spiro atoms. The van der Waals surface area contributed by atoms with Crippen LogP contribution >= 0.6 is 0 Å². The molecule has 1 unspecified atom stereocenters. The summed E-state index contributed by atoms with van der Waals surface area (Å²) in [5, 5.41) is 20.2. The van der Waals surface area contributed by atoms with Crippen molar-refractivity contribution in [2.75, 3.05) is 0 Å². The monoisotopic (exact) mass is 327 g/mol. The Hall–Kier alpha value is -3.41. The van der Waals surface area contributed by atoms with Gasteiger partial charge in [0.2, 0.25) is 0 Å². The summed E-state index contributed by atoms with van der Waals surface area (Å²) in [6.07, 6.45) is 0. The highest BCUT2D eigenvalue weighted by Gasteiger charge is 2.32. The van der Waals surface area contributed by atoms with Gasteiger partial charge in [0, 0.05) is 11.1 Å². The third kappa shape index (κ3) is 3.01. The molecule has 2 aromatic rings. The van der Waals surface area contributed by atoms with E-state index in [9.17, 15) is 10.5 Å².